The molecular weight excluding hydrogens is 522 g/mol. The van der Waals surface area contributed by atoms with E-state index in [0.29, 0.717) is 12.0 Å². The van der Waals surface area contributed by atoms with Gasteiger partial charge in [0.2, 0.25) is 11.8 Å². The van der Waals surface area contributed by atoms with E-state index in [1.807, 2.05) is 91.9 Å². The highest BCUT2D eigenvalue weighted by Gasteiger charge is 2.36. The standard InChI is InChI=1S/C36H37N3O3/c1-25-11-8-14-27(21-25)23-38(32(22-26-12-4-2-5-13-26)35(41)37-29-17-6-3-7-18-29)33(40)24-39-31-20-10-16-28-15-9-19-30(34(28)31)36(39)42/h2,4-5,8-16,19-21,29,32H,3,6-7,17-18,22-24H2,1H3,(H,37,41)/t32-/m1/s1. The van der Waals surface area contributed by atoms with Gasteiger partial charge in [0.1, 0.15) is 12.6 Å². The van der Waals surface area contributed by atoms with Gasteiger partial charge in [0.25, 0.3) is 5.91 Å². The molecule has 1 fully saturated rings. The second-order valence-corrected chi connectivity index (χ2v) is 11.6. The molecule has 6 nitrogen and oxygen atoms in total. The minimum absolute atomic E-state index is 0.118. The summed E-state index contributed by atoms with van der Waals surface area (Å²) < 4.78 is 0. The Labute approximate surface area is 247 Å². The molecule has 6 rings (SSSR count). The van der Waals surface area contributed by atoms with Crippen molar-refractivity contribution in [3.8, 4) is 0 Å². The zero-order chi connectivity index (χ0) is 29.1. The molecule has 0 spiro atoms. The van der Waals surface area contributed by atoms with Crippen molar-refractivity contribution in [2.75, 3.05) is 11.4 Å². The fourth-order valence-corrected chi connectivity index (χ4v) is 6.47. The highest BCUT2D eigenvalue weighted by atomic mass is 16.2. The summed E-state index contributed by atoms with van der Waals surface area (Å²) in [6.45, 7) is 2.16. The predicted octanol–water partition coefficient (Wildman–Crippen LogP) is 6.20. The molecule has 1 atom stereocenters. The fraction of sp³-hybridized carbons (Fsp3) is 0.306. The van der Waals surface area contributed by atoms with Crippen molar-refractivity contribution in [2.45, 2.75) is 64.1 Å². The van der Waals surface area contributed by atoms with Crippen LogP contribution in [0.1, 0.15) is 59.2 Å². The van der Waals surface area contributed by atoms with Crippen LogP contribution in [0.2, 0.25) is 0 Å². The number of nitrogens with one attached hydrogen (secondary N) is 1. The summed E-state index contributed by atoms with van der Waals surface area (Å²) >= 11 is 0. The number of hydrogen-bond donors (Lipinski definition) is 1. The van der Waals surface area contributed by atoms with Gasteiger partial charge in [-0.3, -0.25) is 19.3 Å². The number of rotatable bonds is 9. The predicted molar refractivity (Wildman–Crippen MR) is 166 cm³/mol. The molecule has 4 aromatic rings. The van der Waals surface area contributed by atoms with Crippen LogP contribution in [-0.2, 0) is 22.6 Å². The molecule has 1 heterocycles. The number of amides is 3. The molecule has 0 saturated heterocycles. The van der Waals surface area contributed by atoms with Crippen LogP contribution < -0.4 is 10.2 Å². The Morgan fingerprint density at radius 2 is 1.60 bits per heavy atom. The van der Waals surface area contributed by atoms with Crippen molar-refractivity contribution in [3.05, 3.63) is 113 Å². The maximum Gasteiger partial charge on any atom is 0.259 e. The summed E-state index contributed by atoms with van der Waals surface area (Å²) in [6.07, 6.45) is 5.70. The van der Waals surface area contributed by atoms with Crippen LogP contribution in [0.4, 0.5) is 5.69 Å². The van der Waals surface area contributed by atoms with Crippen molar-refractivity contribution in [1.82, 2.24) is 10.2 Å². The van der Waals surface area contributed by atoms with E-state index in [-0.39, 0.29) is 36.9 Å². The van der Waals surface area contributed by atoms with E-state index in [4.69, 9.17) is 0 Å². The zero-order valence-electron chi connectivity index (χ0n) is 24.1. The lowest BCUT2D eigenvalue weighted by Gasteiger charge is -2.34. The highest BCUT2D eigenvalue weighted by Crippen LogP contribution is 2.37. The van der Waals surface area contributed by atoms with Crippen LogP contribution in [0.25, 0.3) is 10.8 Å². The molecule has 1 aliphatic heterocycles. The fourth-order valence-electron chi connectivity index (χ4n) is 6.47. The average Bonchev–Trinajstić information content (AvgIpc) is 3.28. The van der Waals surface area contributed by atoms with Gasteiger partial charge in [-0.05, 0) is 48.4 Å². The summed E-state index contributed by atoms with van der Waals surface area (Å²) in [7, 11) is 0. The van der Waals surface area contributed by atoms with Gasteiger partial charge in [0.05, 0.1) is 5.69 Å². The van der Waals surface area contributed by atoms with Crippen molar-refractivity contribution in [1.29, 1.82) is 0 Å². The topological polar surface area (TPSA) is 69.7 Å². The minimum Gasteiger partial charge on any atom is -0.352 e. The first-order valence-corrected chi connectivity index (χ1v) is 15.0. The van der Waals surface area contributed by atoms with Crippen LogP contribution >= 0.6 is 0 Å². The van der Waals surface area contributed by atoms with Gasteiger partial charge in [0.15, 0.2) is 0 Å². The average molecular weight is 560 g/mol. The molecule has 0 aromatic heterocycles. The second-order valence-electron chi connectivity index (χ2n) is 11.6. The van der Waals surface area contributed by atoms with Crippen molar-refractivity contribution in [2.24, 2.45) is 0 Å². The lowest BCUT2D eigenvalue weighted by atomic mass is 9.94. The van der Waals surface area contributed by atoms with Crippen LogP contribution in [-0.4, -0.2) is 41.2 Å². The molecule has 1 aliphatic carbocycles. The van der Waals surface area contributed by atoms with Gasteiger partial charge in [-0.1, -0.05) is 104 Å². The summed E-state index contributed by atoms with van der Waals surface area (Å²) in [4.78, 5) is 45.3. The van der Waals surface area contributed by atoms with Crippen LogP contribution in [0.15, 0.2) is 91.0 Å². The first-order valence-electron chi connectivity index (χ1n) is 15.0. The third-order valence-corrected chi connectivity index (χ3v) is 8.60. The van der Waals surface area contributed by atoms with Gasteiger partial charge < -0.3 is 10.2 Å². The van der Waals surface area contributed by atoms with E-state index in [1.165, 1.54) is 6.42 Å². The largest absolute Gasteiger partial charge is 0.352 e. The molecule has 0 radical (unpaired) electrons. The van der Waals surface area contributed by atoms with E-state index >= 15 is 0 Å². The molecule has 1 N–H and O–H groups in total. The number of benzene rings is 4. The molecule has 3 amide bonds. The Balaban J connectivity index is 1.35. The maximum atomic E-state index is 14.4. The molecule has 0 unspecified atom stereocenters. The van der Waals surface area contributed by atoms with Gasteiger partial charge in [-0.15, -0.1) is 0 Å². The Morgan fingerprint density at radius 1 is 0.881 bits per heavy atom. The molecule has 42 heavy (non-hydrogen) atoms. The smallest absolute Gasteiger partial charge is 0.259 e. The number of carbonyl (C=O) groups is 3. The molecule has 0 bridgehead atoms. The molecule has 214 valence electrons. The van der Waals surface area contributed by atoms with Gasteiger partial charge >= 0.3 is 0 Å². The van der Waals surface area contributed by atoms with E-state index in [2.05, 4.69) is 11.4 Å². The first-order chi connectivity index (χ1) is 20.5. The highest BCUT2D eigenvalue weighted by molar-refractivity contribution is 6.26. The molecule has 1 saturated carbocycles. The third kappa shape index (κ3) is 5.80. The zero-order valence-corrected chi connectivity index (χ0v) is 24.1. The number of anilines is 1. The molecule has 2 aliphatic rings. The quantitative estimate of drug-likeness (QED) is 0.266. The van der Waals surface area contributed by atoms with Gasteiger partial charge in [-0.25, -0.2) is 0 Å². The lowest BCUT2D eigenvalue weighted by molar-refractivity contribution is -0.140. The summed E-state index contributed by atoms with van der Waals surface area (Å²) in [5, 5.41) is 5.14. The Hall–Kier alpha value is -4.45. The van der Waals surface area contributed by atoms with Crippen LogP contribution in [0.3, 0.4) is 0 Å². The minimum atomic E-state index is -0.724. The first kappa shape index (κ1) is 27.7. The van der Waals surface area contributed by atoms with E-state index < -0.39 is 6.04 Å². The number of hydrogen-bond acceptors (Lipinski definition) is 3. The van der Waals surface area contributed by atoms with Crippen molar-refractivity contribution in [3.63, 3.8) is 0 Å². The summed E-state index contributed by atoms with van der Waals surface area (Å²) in [6, 6.07) is 28.8. The van der Waals surface area contributed by atoms with Crippen molar-refractivity contribution >= 4 is 34.2 Å². The van der Waals surface area contributed by atoms with E-state index in [9.17, 15) is 14.4 Å². The van der Waals surface area contributed by atoms with Crippen molar-refractivity contribution < 1.29 is 14.4 Å². The number of aryl methyl sites for hydroxylation is 1. The summed E-state index contributed by atoms with van der Waals surface area (Å²) in [5.41, 5.74) is 4.37. The van der Waals surface area contributed by atoms with Gasteiger partial charge in [-0.2, -0.15) is 0 Å². The van der Waals surface area contributed by atoms with E-state index in [0.717, 1.165) is 58.8 Å². The monoisotopic (exact) mass is 559 g/mol. The number of nitrogens with zero attached hydrogens (tertiary/aromatic N) is 2. The Morgan fingerprint density at radius 3 is 2.36 bits per heavy atom. The number of carbonyl (C=O) groups excluding carboxylic acids is 3. The van der Waals surface area contributed by atoms with Crippen LogP contribution in [0, 0.1) is 6.92 Å². The normalized spacial score (nSPS) is 15.5. The van der Waals surface area contributed by atoms with E-state index in [1.54, 1.807) is 9.80 Å². The maximum absolute atomic E-state index is 14.4. The molecule has 6 heteroatoms. The lowest BCUT2D eigenvalue weighted by Crippen LogP contribution is -2.54. The van der Waals surface area contributed by atoms with Gasteiger partial charge in [0, 0.05) is 30.0 Å². The summed E-state index contributed by atoms with van der Waals surface area (Å²) in [5.74, 6) is -0.573. The Kier molecular flexibility index (Phi) is 8.04. The second kappa shape index (κ2) is 12.2. The van der Waals surface area contributed by atoms with Crippen LogP contribution in [0.5, 0.6) is 0 Å². The third-order valence-electron chi connectivity index (χ3n) is 8.60. The Bertz CT molecular complexity index is 1600. The SMILES string of the molecule is Cc1cccc(CN(C(=O)CN2C(=O)c3cccc4cccc2c34)[C@H](Cc2ccccc2)C(=O)NC2CCCCC2)c1. The molecular formula is C36H37N3O3. The molecule has 4 aromatic carbocycles.